The molecule has 1 aromatic carbocycles. The average Bonchev–Trinajstić information content (AvgIpc) is 2.73. The molecule has 158 valence electrons. The van der Waals surface area contributed by atoms with Crippen LogP contribution in [0.5, 0.6) is 0 Å². The highest BCUT2D eigenvalue weighted by Gasteiger charge is 2.43. The van der Waals surface area contributed by atoms with E-state index in [1.54, 1.807) is 9.80 Å². The third-order valence-corrected chi connectivity index (χ3v) is 5.97. The largest absolute Gasteiger partial charge is 0.416 e. The Morgan fingerprint density at radius 3 is 2.21 bits per heavy atom. The molecule has 2 amide bonds. The fourth-order valence-electron chi connectivity index (χ4n) is 4.24. The molecule has 1 aromatic rings. The van der Waals surface area contributed by atoms with Crippen molar-refractivity contribution in [3.8, 4) is 0 Å². The summed E-state index contributed by atoms with van der Waals surface area (Å²) >= 11 is 0. The molecule has 0 atom stereocenters. The standard InChI is InChI=1S/C21H25F3N2O3/c1-2-18(27)25-11-7-15(8-12-25)19(28)26-13-9-20(29,10-14-26)16-5-3-4-6-17(16)21(22,23)24/h2-6,15,29H,1,7-14H2. The first kappa shape index (κ1) is 21.4. The summed E-state index contributed by atoms with van der Waals surface area (Å²) in [5.41, 5.74) is -2.57. The summed E-state index contributed by atoms with van der Waals surface area (Å²) in [6.45, 7) is 4.83. The Labute approximate surface area is 167 Å². The van der Waals surface area contributed by atoms with Crippen LogP contribution in [-0.4, -0.2) is 52.9 Å². The summed E-state index contributed by atoms with van der Waals surface area (Å²) in [7, 11) is 0. The summed E-state index contributed by atoms with van der Waals surface area (Å²) in [4.78, 5) is 27.7. The molecule has 2 heterocycles. The Hall–Kier alpha value is -2.35. The molecule has 0 radical (unpaired) electrons. The summed E-state index contributed by atoms with van der Waals surface area (Å²) in [6, 6.07) is 5.08. The van der Waals surface area contributed by atoms with Crippen molar-refractivity contribution >= 4 is 11.8 Å². The predicted molar refractivity (Wildman–Crippen MR) is 101 cm³/mol. The van der Waals surface area contributed by atoms with Crippen molar-refractivity contribution in [3.63, 3.8) is 0 Å². The number of likely N-dealkylation sites (tertiary alicyclic amines) is 2. The molecule has 0 spiro atoms. The topological polar surface area (TPSA) is 60.9 Å². The fraction of sp³-hybridized carbons (Fsp3) is 0.524. The van der Waals surface area contributed by atoms with Crippen molar-refractivity contribution in [1.29, 1.82) is 0 Å². The number of carbonyl (C=O) groups is 2. The number of piperidine rings is 2. The van der Waals surface area contributed by atoms with Gasteiger partial charge in [0.15, 0.2) is 0 Å². The Kier molecular flexibility index (Phi) is 6.03. The minimum Gasteiger partial charge on any atom is -0.385 e. The van der Waals surface area contributed by atoms with E-state index in [-0.39, 0.29) is 49.2 Å². The zero-order valence-corrected chi connectivity index (χ0v) is 16.1. The lowest BCUT2D eigenvalue weighted by Gasteiger charge is -2.41. The average molecular weight is 410 g/mol. The van der Waals surface area contributed by atoms with Crippen LogP contribution in [0, 0.1) is 5.92 Å². The molecule has 2 saturated heterocycles. The number of benzene rings is 1. The van der Waals surface area contributed by atoms with E-state index in [1.807, 2.05) is 0 Å². The smallest absolute Gasteiger partial charge is 0.385 e. The number of halogens is 3. The van der Waals surface area contributed by atoms with Crippen molar-refractivity contribution in [2.45, 2.75) is 37.5 Å². The van der Waals surface area contributed by atoms with Gasteiger partial charge in [-0.2, -0.15) is 13.2 Å². The fourth-order valence-corrected chi connectivity index (χ4v) is 4.24. The SMILES string of the molecule is C=CC(=O)N1CCC(C(=O)N2CCC(O)(c3ccccc3C(F)(F)F)CC2)CC1. The third-order valence-electron chi connectivity index (χ3n) is 5.97. The summed E-state index contributed by atoms with van der Waals surface area (Å²) in [5, 5.41) is 10.9. The van der Waals surface area contributed by atoms with Gasteiger partial charge in [0.2, 0.25) is 11.8 Å². The van der Waals surface area contributed by atoms with Crippen LogP contribution in [0.1, 0.15) is 36.8 Å². The van der Waals surface area contributed by atoms with Gasteiger partial charge in [0.1, 0.15) is 0 Å². The number of carbonyl (C=O) groups excluding carboxylic acids is 2. The van der Waals surface area contributed by atoms with Crippen LogP contribution in [0.2, 0.25) is 0 Å². The lowest BCUT2D eigenvalue weighted by molar-refractivity contribution is -0.147. The van der Waals surface area contributed by atoms with Crippen molar-refractivity contribution in [2.24, 2.45) is 5.92 Å². The van der Waals surface area contributed by atoms with Gasteiger partial charge in [-0.15, -0.1) is 0 Å². The van der Waals surface area contributed by atoms with E-state index in [9.17, 15) is 27.9 Å². The molecule has 0 unspecified atom stereocenters. The van der Waals surface area contributed by atoms with Crippen LogP contribution in [0.25, 0.3) is 0 Å². The minimum atomic E-state index is -4.55. The molecule has 2 fully saturated rings. The predicted octanol–water partition coefficient (Wildman–Crippen LogP) is 2.94. The molecule has 29 heavy (non-hydrogen) atoms. The van der Waals surface area contributed by atoms with E-state index in [2.05, 4.69) is 6.58 Å². The van der Waals surface area contributed by atoms with Crippen LogP contribution in [0.4, 0.5) is 13.2 Å². The molecular formula is C21H25F3N2O3. The maximum absolute atomic E-state index is 13.3. The maximum atomic E-state index is 13.3. The summed E-state index contributed by atoms with van der Waals surface area (Å²) in [5.74, 6) is -0.415. The summed E-state index contributed by atoms with van der Waals surface area (Å²) in [6.07, 6.45) is -2.08. The van der Waals surface area contributed by atoms with Gasteiger partial charge in [-0.1, -0.05) is 24.8 Å². The normalized spacial score (nSPS) is 20.4. The molecule has 3 rings (SSSR count). The molecule has 0 bridgehead atoms. The number of hydrogen-bond donors (Lipinski definition) is 1. The van der Waals surface area contributed by atoms with Gasteiger partial charge in [0, 0.05) is 32.1 Å². The quantitative estimate of drug-likeness (QED) is 0.780. The number of nitrogens with zero attached hydrogens (tertiary/aromatic N) is 2. The highest BCUT2D eigenvalue weighted by Crippen LogP contribution is 2.41. The molecule has 2 aliphatic heterocycles. The van der Waals surface area contributed by atoms with Crippen LogP contribution in [0.3, 0.4) is 0 Å². The van der Waals surface area contributed by atoms with E-state index in [0.717, 1.165) is 6.07 Å². The highest BCUT2D eigenvalue weighted by molar-refractivity contribution is 5.87. The maximum Gasteiger partial charge on any atom is 0.416 e. The second-order valence-electron chi connectivity index (χ2n) is 7.70. The second kappa shape index (κ2) is 8.18. The minimum absolute atomic E-state index is 0.0538. The van der Waals surface area contributed by atoms with Crippen molar-refractivity contribution < 1.29 is 27.9 Å². The van der Waals surface area contributed by atoms with Gasteiger partial charge in [0.05, 0.1) is 11.2 Å². The van der Waals surface area contributed by atoms with Crippen LogP contribution < -0.4 is 0 Å². The number of amides is 2. The second-order valence-corrected chi connectivity index (χ2v) is 7.70. The van der Waals surface area contributed by atoms with Crippen LogP contribution in [0.15, 0.2) is 36.9 Å². The van der Waals surface area contributed by atoms with Crippen LogP contribution in [-0.2, 0) is 21.4 Å². The van der Waals surface area contributed by atoms with E-state index < -0.39 is 17.3 Å². The molecule has 2 aliphatic rings. The molecule has 1 N–H and O–H groups in total. The lowest BCUT2D eigenvalue weighted by Crippen LogP contribution is -2.49. The first-order valence-corrected chi connectivity index (χ1v) is 9.75. The molecule has 5 nitrogen and oxygen atoms in total. The van der Waals surface area contributed by atoms with Gasteiger partial charge in [-0.3, -0.25) is 9.59 Å². The van der Waals surface area contributed by atoms with Gasteiger partial charge in [-0.05, 0) is 43.4 Å². The zero-order valence-electron chi connectivity index (χ0n) is 16.1. The third kappa shape index (κ3) is 4.47. The molecule has 0 saturated carbocycles. The van der Waals surface area contributed by atoms with Gasteiger partial charge in [0.25, 0.3) is 0 Å². The number of hydrogen-bond acceptors (Lipinski definition) is 3. The molecule has 0 aliphatic carbocycles. The Morgan fingerprint density at radius 1 is 1.07 bits per heavy atom. The van der Waals surface area contributed by atoms with Gasteiger partial charge < -0.3 is 14.9 Å². The first-order chi connectivity index (χ1) is 13.7. The summed E-state index contributed by atoms with van der Waals surface area (Å²) < 4.78 is 40.0. The Bertz CT molecular complexity index is 778. The van der Waals surface area contributed by atoms with Crippen molar-refractivity contribution in [2.75, 3.05) is 26.2 Å². The Balaban J connectivity index is 1.63. The molecule has 0 aromatic heterocycles. The van der Waals surface area contributed by atoms with E-state index >= 15 is 0 Å². The number of alkyl halides is 3. The highest BCUT2D eigenvalue weighted by atomic mass is 19.4. The zero-order chi connectivity index (χ0) is 21.2. The molecular weight excluding hydrogens is 385 g/mol. The monoisotopic (exact) mass is 410 g/mol. The Morgan fingerprint density at radius 2 is 1.66 bits per heavy atom. The number of rotatable bonds is 3. The van der Waals surface area contributed by atoms with Crippen molar-refractivity contribution in [3.05, 3.63) is 48.0 Å². The van der Waals surface area contributed by atoms with E-state index in [0.29, 0.717) is 25.9 Å². The van der Waals surface area contributed by atoms with Crippen molar-refractivity contribution in [1.82, 2.24) is 9.80 Å². The molecule has 8 heteroatoms. The lowest BCUT2D eigenvalue weighted by atomic mass is 9.81. The van der Waals surface area contributed by atoms with Gasteiger partial charge >= 0.3 is 6.18 Å². The first-order valence-electron chi connectivity index (χ1n) is 9.75. The van der Waals surface area contributed by atoms with E-state index in [4.69, 9.17) is 0 Å². The van der Waals surface area contributed by atoms with Gasteiger partial charge in [-0.25, -0.2) is 0 Å². The number of aliphatic hydroxyl groups is 1. The van der Waals surface area contributed by atoms with E-state index in [1.165, 1.54) is 24.3 Å². The van der Waals surface area contributed by atoms with Crippen LogP contribution >= 0.6 is 0 Å².